The number of hydrogen-bond donors (Lipinski definition) is 3. The Balaban J connectivity index is 2.01. The maximum absolute atomic E-state index is 9.84. The monoisotopic (exact) mass is 287 g/mol. The smallest absolute Gasteiger partial charge is 0.0897 e. The first-order valence-electron chi connectivity index (χ1n) is 8.15. The van der Waals surface area contributed by atoms with Crippen LogP contribution in [0.5, 0.6) is 0 Å². The van der Waals surface area contributed by atoms with Crippen molar-refractivity contribution in [3.05, 3.63) is 0 Å². The lowest BCUT2D eigenvalue weighted by molar-refractivity contribution is 0.0319. The lowest BCUT2D eigenvalue weighted by Gasteiger charge is -2.27. The molecule has 0 saturated heterocycles. The number of nitrogens with one attached hydrogen (secondary N) is 1. The molecule has 0 aliphatic heterocycles. The lowest BCUT2D eigenvalue weighted by atomic mass is 9.87. The van der Waals surface area contributed by atoms with Crippen LogP contribution in [0.2, 0.25) is 0 Å². The van der Waals surface area contributed by atoms with E-state index in [1.165, 1.54) is 19.3 Å². The van der Waals surface area contributed by atoms with Crippen molar-refractivity contribution < 1.29 is 14.9 Å². The van der Waals surface area contributed by atoms with Crippen LogP contribution in [0.15, 0.2) is 0 Å². The van der Waals surface area contributed by atoms with Crippen molar-refractivity contribution in [3.8, 4) is 0 Å². The Labute approximate surface area is 123 Å². The van der Waals surface area contributed by atoms with Crippen LogP contribution in [0, 0.1) is 11.3 Å². The van der Waals surface area contributed by atoms with Crippen molar-refractivity contribution in [3.63, 3.8) is 0 Å². The molecule has 0 spiro atoms. The summed E-state index contributed by atoms with van der Waals surface area (Å²) in [4.78, 5) is 0. The minimum atomic E-state index is -0.453. The van der Waals surface area contributed by atoms with E-state index in [2.05, 4.69) is 19.2 Å². The number of aliphatic hydroxyl groups is 2. The minimum absolute atomic E-state index is 0.0534. The molecule has 3 N–H and O–H groups in total. The summed E-state index contributed by atoms with van der Waals surface area (Å²) in [6.07, 6.45) is 6.40. The van der Waals surface area contributed by atoms with Crippen LogP contribution in [-0.4, -0.2) is 49.2 Å². The molecule has 0 heterocycles. The fourth-order valence-electron chi connectivity index (χ4n) is 2.89. The molecule has 20 heavy (non-hydrogen) atoms. The third kappa shape index (κ3) is 7.02. The summed E-state index contributed by atoms with van der Waals surface area (Å²) in [5, 5.41) is 22.6. The van der Waals surface area contributed by atoms with Crippen molar-refractivity contribution in [2.24, 2.45) is 11.3 Å². The normalized spacial score (nSPS) is 19.6. The van der Waals surface area contributed by atoms with Gasteiger partial charge in [-0.3, -0.25) is 0 Å². The highest BCUT2D eigenvalue weighted by atomic mass is 16.5. The molecule has 1 saturated carbocycles. The van der Waals surface area contributed by atoms with Gasteiger partial charge in [0, 0.05) is 31.7 Å². The molecule has 0 bridgehead atoms. The molecule has 1 aliphatic carbocycles. The van der Waals surface area contributed by atoms with Crippen LogP contribution in [0.4, 0.5) is 0 Å². The van der Waals surface area contributed by atoms with Gasteiger partial charge in [0.15, 0.2) is 0 Å². The van der Waals surface area contributed by atoms with Gasteiger partial charge in [0.2, 0.25) is 0 Å². The summed E-state index contributed by atoms with van der Waals surface area (Å²) in [6.45, 7) is 7.15. The third-order valence-electron chi connectivity index (χ3n) is 4.26. The molecule has 0 aromatic carbocycles. The van der Waals surface area contributed by atoms with Gasteiger partial charge in [0.1, 0.15) is 0 Å². The molecule has 1 fully saturated rings. The van der Waals surface area contributed by atoms with E-state index in [1.54, 1.807) is 0 Å². The Kier molecular flexibility index (Phi) is 8.69. The maximum Gasteiger partial charge on any atom is 0.0897 e. The maximum atomic E-state index is 9.84. The first-order valence-corrected chi connectivity index (χ1v) is 8.15. The van der Waals surface area contributed by atoms with E-state index in [1.807, 2.05) is 0 Å². The minimum Gasteiger partial charge on any atom is -0.396 e. The average Bonchev–Trinajstić information content (AvgIpc) is 2.87. The molecule has 0 aromatic heterocycles. The second-order valence-electron chi connectivity index (χ2n) is 6.76. The fraction of sp³-hybridized carbons (Fsp3) is 1.00. The SMILES string of the molecule is CC(C)CCCOCC(O)CNCC1(CO)CCCC1. The van der Waals surface area contributed by atoms with Gasteiger partial charge in [0.05, 0.1) is 12.7 Å². The molecule has 0 radical (unpaired) electrons. The van der Waals surface area contributed by atoms with Gasteiger partial charge in [-0.1, -0.05) is 26.7 Å². The Morgan fingerprint density at radius 2 is 1.95 bits per heavy atom. The fourth-order valence-corrected chi connectivity index (χ4v) is 2.89. The Morgan fingerprint density at radius 1 is 1.25 bits per heavy atom. The van der Waals surface area contributed by atoms with Crippen LogP contribution in [-0.2, 0) is 4.74 Å². The lowest BCUT2D eigenvalue weighted by Crippen LogP contribution is -2.39. The number of rotatable bonds is 11. The second kappa shape index (κ2) is 9.72. The summed E-state index contributed by atoms with van der Waals surface area (Å²) in [6, 6.07) is 0. The van der Waals surface area contributed by atoms with Gasteiger partial charge in [-0.05, 0) is 31.6 Å². The van der Waals surface area contributed by atoms with Gasteiger partial charge in [-0.15, -0.1) is 0 Å². The molecule has 4 heteroatoms. The topological polar surface area (TPSA) is 61.7 Å². The van der Waals surface area contributed by atoms with Crippen LogP contribution < -0.4 is 5.32 Å². The van der Waals surface area contributed by atoms with Crippen LogP contribution in [0.1, 0.15) is 52.4 Å². The molecule has 4 nitrogen and oxygen atoms in total. The van der Waals surface area contributed by atoms with Gasteiger partial charge < -0.3 is 20.3 Å². The number of ether oxygens (including phenoxy) is 1. The third-order valence-corrected chi connectivity index (χ3v) is 4.26. The van der Waals surface area contributed by atoms with Gasteiger partial charge in [0.25, 0.3) is 0 Å². The molecule has 1 unspecified atom stereocenters. The van der Waals surface area contributed by atoms with Crippen molar-refractivity contribution >= 4 is 0 Å². The predicted molar refractivity (Wildman–Crippen MR) is 81.8 cm³/mol. The van der Waals surface area contributed by atoms with E-state index in [-0.39, 0.29) is 12.0 Å². The van der Waals surface area contributed by atoms with Crippen molar-refractivity contribution in [1.82, 2.24) is 5.32 Å². The van der Waals surface area contributed by atoms with E-state index >= 15 is 0 Å². The van der Waals surface area contributed by atoms with Crippen molar-refractivity contribution in [2.45, 2.75) is 58.5 Å². The Bertz CT molecular complexity index is 240. The first-order chi connectivity index (χ1) is 9.58. The molecule has 0 aromatic rings. The van der Waals surface area contributed by atoms with E-state index in [0.29, 0.717) is 19.1 Å². The molecule has 1 aliphatic rings. The van der Waals surface area contributed by atoms with E-state index in [0.717, 1.165) is 32.4 Å². The summed E-state index contributed by atoms with van der Waals surface area (Å²) < 4.78 is 5.48. The second-order valence-corrected chi connectivity index (χ2v) is 6.76. The molecular formula is C16H33NO3. The largest absolute Gasteiger partial charge is 0.396 e. The van der Waals surface area contributed by atoms with E-state index in [9.17, 15) is 10.2 Å². The van der Waals surface area contributed by atoms with Gasteiger partial charge in [-0.2, -0.15) is 0 Å². The van der Waals surface area contributed by atoms with Crippen molar-refractivity contribution in [2.75, 3.05) is 32.9 Å². The quantitative estimate of drug-likeness (QED) is 0.508. The first kappa shape index (κ1) is 17.9. The average molecular weight is 287 g/mol. The summed E-state index contributed by atoms with van der Waals surface area (Å²) in [5.41, 5.74) is 0.0534. The zero-order chi connectivity index (χ0) is 14.8. The summed E-state index contributed by atoms with van der Waals surface area (Å²) in [5.74, 6) is 0.714. The standard InChI is InChI=1S/C16H33NO3/c1-14(2)6-5-9-20-11-15(19)10-17-12-16(13-18)7-3-4-8-16/h14-15,17-19H,3-13H2,1-2H3. The van der Waals surface area contributed by atoms with Crippen LogP contribution in [0.3, 0.4) is 0 Å². The highest BCUT2D eigenvalue weighted by Crippen LogP contribution is 2.36. The molecule has 120 valence electrons. The van der Waals surface area contributed by atoms with Crippen LogP contribution >= 0.6 is 0 Å². The molecule has 1 atom stereocenters. The number of hydrogen-bond acceptors (Lipinski definition) is 4. The Hall–Kier alpha value is -0.160. The molecule has 0 amide bonds. The molecular weight excluding hydrogens is 254 g/mol. The van der Waals surface area contributed by atoms with Crippen LogP contribution in [0.25, 0.3) is 0 Å². The van der Waals surface area contributed by atoms with Gasteiger partial charge >= 0.3 is 0 Å². The predicted octanol–water partition coefficient (Wildman–Crippen LogP) is 1.94. The highest BCUT2D eigenvalue weighted by molar-refractivity contribution is 4.86. The molecule has 1 rings (SSSR count). The number of aliphatic hydroxyl groups excluding tert-OH is 2. The zero-order valence-corrected chi connectivity index (χ0v) is 13.2. The van der Waals surface area contributed by atoms with Gasteiger partial charge in [-0.25, -0.2) is 0 Å². The van der Waals surface area contributed by atoms with E-state index in [4.69, 9.17) is 4.74 Å². The van der Waals surface area contributed by atoms with Crippen molar-refractivity contribution in [1.29, 1.82) is 0 Å². The summed E-state index contributed by atoms with van der Waals surface area (Å²) >= 11 is 0. The highest BCUT2D eigenvalue weighted by Gasteiger charge is 2.32. The van der Waals surface area contributed by atoms with E-state index < -0.39 is 6.10 Å². The zero-order valence-electron chi connectivity index (χ0n) is 13.2. The Morgan fingerprint density at radius 3 is 2.55 bits per heavy atom. The summed E-state index contributed by atoms with van der Waals surface area (Å²) in [7, 11) is 0.